The smallest absolute Gasteiger partial charge is 0.423 e. The van der Waals surface area contributed by atoms with Crippen LogP contribution in [0.15, 0.2) is 23.1 Å². The largest absolute Gasteiger partial charge is 0.493 e. The van der Waals surface area contributed by atoms with Gasteiger partial charge in [-0.15, -0.1) is 0 Å². The minimum absolute atomic E-state index is 0.0475. The molecule has 0 fully saturated rings. The molecule has 0 aliphatic carbocycles. The topological polar surface area (TPSA) is 82.1 Å². The van der Waals surface area contributed by atoms with Crippen LogP contribution >= 0.6 is 0 Å². The summed E-state index contributed by atoms with van der Waals surface area (Å²) in [6.07, 6.45) is 2.55. The Bertz CT molecular complexity index is 659. The van der Waals surface area contributed by atoms with Crippen molar-refractivity contribution >= 4 is 16.1 Å². The number of nitrogens with zero attached hydrogens (tertiary/aromatic N) is 1. The summed E-state index contributed by atoms with van der Waals surface area (Å²) < 4.78 is 41.8. The maximum absolute atomic E-state index is 12.9. The number of hydrogen-bond donors (Lipinski definition) is 0. The summed E-state index contributed by atoms with van der Waals surface area (Å²) >= 11 is 0. The van der Waals surface area contributed by atoms with E-state index in [9.17, 15) is 13.2 Å². The number of sulfonamides is 1. The predicted molar refractivity (Wildman–Crippen MR) is 94.6 cm³/mol. The zero-order valence-corrected chi connectivity index (χ0v) is 16.1. The fourth-order valence-corrected chi connectivity index (χ4v) is 3.66. The lowest BCUT2D eigenvalue weighted by Gasteiger charge is -2.22. The van der Waals surface area contributed by atoms with Crippen molar-refractivity contribution < 1.29 is 27.4 Å². The first-order chi connectivity index (χ1) is 11.9. The Hall–Kier alpha value is -1.96. The summed E-state index contributed by atoms with van der Waals surface area (Å²) in [6, 6.07) is 4.22. The third kappa shape index (κ3) is 5.52. The van der Waals surface area contributed by atoms with Crippen LogP contribution in [-0.2, 0) is 14.8 Å². The molecule has 0 bridgehead atoms. The van der Waals surface area contributed by atoms with E-state index in [4.69, 9.17) is 14.2 Å². The van der Waals surface area contributed by atoms with Crippen molar-refractivity contribution in [1.29, 1.82) is 0 Å². The number of rotatable bonds is 10. The van der Waals surface area contributed by atoms with E-state index >= 15 is 0 Å². The van der Waals surface area contributed by atoms with E-state index in [1.165, 1.54) is 32.4 Å². The second-order valence-electron chi connectivity index (χ2n) is 5.35. The van der Waals surface area contributed by atoms with E-state index in [1.807, 2.05) is 0 Å². The van der Waals surface area contributed by atoms with Crippen molar-refractivity contribution in [3.8, 4) is 11.5 Å². The fourth-order valence-electron chi connectivity index (χ4n) is 2.29. The Morgan fingerprint density at radius 2 is 1.72 bits per heavy atom. The van der Waals surface area contributed by atoms with Gasteiger partial charge in [-0.3, -0.25) is 0 Å². The first-order valence-electron chi connectivity index (χ1n) is 8.33. The van der Waals surface area contributed by atoms with Crippen molar-refractivity contribution in [2.45, 2.75) is 44.4 Å². The number of methoxy groups -OCH3 is 2. The molecule has 1 rings (SSSR count). The van der Waals surface area contributed by atoms with Crippen LogP contribution in [0.1, 0.15) is 39.5 Å². The van der Waals surface area contributed by atoms with Crippen molar-refractivity contribution in [2.75, 3.05) is 27.4 Å². The highest BCUT2D eigenvalue weighted by Gasteiger charge is 2.30. The highest BCUT2D eigenvalue weighted by atomic mass is 32.2. The van der Waals surface area contributed by atoms with Crippen LogP contribution in [0.3, 0.4) is 0 Å². The molecule has 0 saturated heterocycles. The Kier molecular flexibility index (Phi) is 8.54. The molecule has 7 nitrogen and oxygen atoms in total. The molecule has 8 heteroatoms. The molecule has 142 valence electrons. The molecule has 0 aliphatic heterocycles. The molecule has 0 aliphatic rings. The van der Waals surface area contributed by atoms with Crippen molar-refractivity contribution in [3.63, 3.8) is 0 Å². The van der Waals surface area contributed by atoms with Gasteiger partial charge in [0.05, 0.1) is 25.7 Å². The molecule has 0 unspecified atom stereocenters. The van der Waals surface area contributed by atoms with Gasteiger partial charge in [-0.05, 0) is 25.5 Å². The molecule has 0 N–H and O–H groups in total. The van der Waals surface area contributed by atoms with E-state index in [0.29, 0.717) is 12.2 Å². The van der Waals surface area contributed by atoms with Crippen LogP contribution < -0.4 is 9.47 Å². The summed E-state index contributed by atoms with van der Waals surface area (Å²) in [5, 5.41) is 0. The normalized spacial score (nSPS) is 11.0. The Morgan fingerprint density at radius 1 is 1.04 bits per heavy atom. The highest BCUT2D eigenvalue weighted by molar-refractivity contribution is 7.89. The van der Waals surface area contributed by atoms with Crippen molar-refractivity contribution in [1.82, 2.24) is 4.31 Å². The Balaban J connectivity index is 3.14. The monoisotopic (exact) mass is 373 g/mol. The van der Waals surface area contributed by atoms with Gasteiger partial charge < -0.3 is 14.2 Å². The van der Waals surface area contributed by atoms with Gasteiger partial charge >= 0.3 is 6.09 Å². The van der Waals surface area contributed by atoms with Crippen molar-refractivity contribution in [2.24, 2.45) is 0 Å². The molecular weight excluding hydrogens is 346 g/mol. The maximum atomic E-state index is 12.9. The van der Waals surface area contributed by atoms with Gasteiger partial charge in [0.2, 0.25) is 0 Å². The number of carbonyl (C=O) groups is 1. The van der Waals surface area contributed by atoms with Gasteiger partial charge in [0, 0.05) is 12.6 Å². The second-order valence-corrected chi connectivity index (χ2v) is 7.22. The van der Waals surface area contributed by atoms with Gasteiger partial charge in [0.25, 0.3) is 10.0 Å². The van der Waals surface area contributed by atoms with E-state index in [1.54, 1.807) is 6.92 Å². The molecule has 25 heavy (non-hydrogen) atoms. The maximum Gasteiger partial charge on any atom is 0.423 e. The third-order valence-electron chi connectivity index (χ3n) is 3.63. The van der Waals surface area contributed by atoms with Crippen LogP contribution in [0.2, 0.25) is 0 Å². The van der Waals surface area contributed by atoms with Crippen LogP contribution in [-0.4, -0.2) is 46.2 Å². The number of benzene rings is 1. The quantitative estimate of drug-likeness (QED) is 0.584. The van der Waals surface area contributed by atoms with Gasteiger partial charge in [-0.1, -0.05) is 26.2 Å². The van der Waals surface area contributed by atoms with E-state index in [0.717, 1.165) is 23.6 Å². The number of amides is 1. The Labute approximate surface area is 149 Å². The molecule has 0 heterocycles. The van der Waals surface area contributed by atoms with Crippen LogP contribution in [0.4, 0.5) is 4.79 Å². The SMILES string of the molecule is CCCCCCN(C(=O)OCC)S(=O)(=O)c1ccc(OC)c(OC)c1. The summed E-state index contributed by atoms with van der Waals surface area (Å²) in [5.74, 6) is 0.686. The number of unbranched alkanes of at least 4 members (excludes halogenated alkanes) is 3. The molecule has 1 amide bonds. The zero-order chi connectivity index (χ0) is 18.9. The minimum atomic E-state index is -4.04. The summed E-state index contributed by atoms with van der Waals surface area (Å²) in [4.78, 5) is 12.1. The average Bonchev–Trinajstić information content (AvgIpc) is 2.60. The first-order valence-corrected chi connectivity index (χ1v) is 9.77. The van der Waals surface area contributed by atoms with Gasteiger partial charge in [0.15, 0.2) is 11.5 Å². The fraction of sp³-hybridized carbons (Fsp3) is 0.588. The molecule has 0 radical (unpaired) electrons. The number of carbonyl (C=O) groups excluding carboxylic acids is 1. The number of ether oxygens (including phenoxy) is 3. The Morgan fingerprint density at radius 3 is 2.28 bits per heavy atom. The zero-order valence-electron chi connectivity index (χ0n) is 15.3. The molecule has 0 aromatic heterocycles. The lowest BCUT2D eigenvalue weighted by atomic mass is 10.2. The number of hydrogen-bond acceptors (Lipinski definition) is 6. The molecule has 1 aromatic rings. The van der Waals surface area contributed by atoms with E-state index in [-0.39, 0.29) is 23.8 Å². The standard InChI is InChI=1S/C17H27NO6S/c1-5-7-8-9-12-18(17(19)24-6-2)25(20,21)14-10-11-15(22-3)16(13-14)23-4/h10-11,13H,5-9,12H2,1-4H3. The summed E-state index contributed by atoms with van der Waals surface area (Å²) in [6.45, 7) is 3.88. The van der Waals surface area contributed by atoms with Crippen LogP contribution in [0.5, 0.6) is 11.5 Å². The lowest BCUT2D eigenvalue weighted by Crippen LogP contribution is -2.38. The molecule has 1 aromatic carbocycles. The van der Waals surface area contributed by atoms with Gasteiger partial charge in [-0.2, -0.15) is 0 Å². The molecular formula is C17H27NO6S. The first kappa shape index (κ1) is 21.1. The average molecular weight is 373 g/mol. The van der Waals surface area contributed by atoms with Crippen LogP contribution in [0.25, 0.3) is 0 Å². The molecule has 0 spiro atoms. The molecule has 0 saturated carbocycles. The minimum Gasteiger partial charge on any atom is -0.493 e. The van der Waals surface area contributed by atoms with Gasteiger partial charge in [-0.25, -0.2) is 17.5 Å². The second kappa shape index (κ2) is 10.1. The van der Waals surface area contributed by atoms with E-state index in [2.05, 4.69) is 6.92 Å². The van der Waals surface area contributed by atoms with Gasteiger partial charge in [0.1, 0.15) is 0 Å². The lowest BCUT2D eigenvalue weighted by molar-refractivity contribution is 0.130. The van der Waals surface area contributed by atoms with Crippen molar-refractivity contribution in [3.05, 3.63) is 18.2 Å². The third-order valence-corrected chi connectivity index (χ3v) is 5.39. The predicted octanol–water partition coefficient (Wildman–Crippen LogP) is 3.43. The summed E-state index contributed by atoms with van der Waals surface area (Å²) in [5.41, 5.74) is 0. The highest BCUT2D eigenvalue weighted by Crippen LogP contribution is 2.31. The van der Waals surface area contributed by atoms with Crippen LogP contribution in [0, 0.1) is 0 Å². The summed E-state index contributed by atoms with van der Waals surface area (Å²) in [7, 11) is -1.16. The van der Waals surface area contributed by atoms with E-state index < -0.39 is 16.1 Å². The molecule has 0 atom stereocenters.